The quantitative estimate of drug-likeness (QED) is 0.800. The van der Waals surface area contributed by atoms with Crippen molar-refractivity contribution >= 4 is 21.6 Å². The topological polar surface area (TPSA) is 29.3 Å². The van der Waals surface area contributed by atoms with Gasteiger partial charge in [0.2, 0.25) is 0 Å². The first-order valence-electron chi connectivity index (χ1n) is 8.35. The Bertz CT molecular complexity index is 441. The van der Waals surface area contributed by atoms with E-state index >= 15 is 0 Å². The molecule has 0 saturated heterocycles. The number of benzene rings is 1. The highest BCUT2D eigenvalue weighted by Crippen LogP contribution is 2.29. The minimum Gasteiger partial charge on any atom is -0.374 e. The van der Waals surface area contributed by atoms with E-state index in [0.717, 1.165) is 23.2 Å². The number of nitrogens with zero attached hydrogens (tertiary/aromatic N) is 1. The van der Waals surface area contributed by atoms with Crippen LogP contribution in [0.1, 0.15) is 51.0 Å². The molecule has 0 aliphatic heterocycles. The number of halogens is 1. The summed E-state index contributed by atoms with van der Waals surface area (Å²) in [5.41, 5.74) is 8.90. The lowest BCUT2D eigenvalue weighted by Crippen LogP contribution is -2.29. The van der Waals surface area contributed by atoms with Crippen LogP contribution in [0.25, 0.3) is 0 Å². The first-order chi connectivity index (χ1) is 10.1. The van der Waals surface area contributed by atoms with Gasteiger partial charge in [0.1, 0.15) is 0 Å². The van der Waals surface area contributed by atoms with Gasteiger partial charge in [0.15, 0.2) is 0 Å². The SMILES string of the molecule is CCC(N)Cc1cc(Br)ccc1N(C)CC1CCCCC1. The van der Waals surface area contributed by atoms with Gasteiger partial charge in [-0.15, -0.1) is 0 Å². The molecule has 1 unspecified atom stereocenters. The minimum atomic E-state index is 0.251. The molecule has 0 aromatic heterocycles. The molecule has 0 radical (unpaired) electrons. The van der Waals surface area contributed by atoms with Gasteiger partial charge in [0.25, 0.3) is 0 Å². The summed E-state index contributed by atoms with van der Waals surface area (Å²) in [6.07, 6.45) is 9.02. The molecule has 2 nitrogen and oxygen atoms in total. The number of hydrogen-bond acceptors (Lipinski definition) is 2. The van der Waals surface area contributed by atoms with Crippen LogP contribution in [0, 0.1) is 5.92 Å². The van der Waals surface area contributed by atoms with Gasteiger partial charge in [-0.05, 0) is 55.4 Å². The van der Waals surface area contributed by atoms with Crippen LogP contribution in [-0.2, 0) is 6.42 Å². The second-order valence-electron chi connectivity index (χ2n) is 6.53. The van der Waals surface area contributed by atoms with Crippen molar-refractivity contribution in [2.24, 2.45) is 11.7 Å². The highest BCUT2D eigenvalue weighted by molar-refractivity contribution is 9.10. The molecule has 3 heteroatoms. The van der Waals surface area contributed by atoms with E-state index in [2.05, 4.69) is 53.0 Å². The average Bonchev–Trinajstić information content (AvgIpc) is 2.48. The van der Waals surface area contributed by atoms with Crippen molar-refractivity contribution in [1.82, 2.24) is 0 Å². The van der Waals surface area contributed by atoms with Crippen LogP contribution < -0.4 is 10.6 Å². The van der Waals surface area contributed by atoms with Gasteiger partial charge < -0.3 is 10.6 Å². The molecule has 1 fully saturated rings. The lowest BCUT2D eigenvalue weighted by Gasteiger charge is -2.30. The summed E-state index contributed by atoms with van der Waals surface area (Å²) < 4.78 is 1.15. The summed E-state index contributed by atoms with van der Waals surface area (Å²) in [5.74, 6) is 0.861. The van der Waals surface area contributed by atoms with Crippen LogP contribution in [0.2, 0.25) is 0 Å². The third-order valence-corrected chi connectivity index (χ3v) is 5.21. The summed E-state index contributed by atoms with van der Waals surface area (Å²) in [6.45, 7) is 3.34. The summed E-state index contributed by atoms with van der Waals surface area (Å²) in [4.78, 5) is 2.44. The fourth-order valence-electron chi connectivity index (χ4n) is 3.37. The molecular formula is C18H29BrN2. The molecule has 1 atom stereocenters. The zero-order chi connectivity index (χ0) is 15.2. The number of anilines is 1. The highest BCUT2D eigenvalue weighted by atomic mass is 79.9. The molecule has 2 rings (SSSR count). The van der Waals surface area contributed by atoms with Crippen LogP contribution in [0.5, 0.6) is 0 Å². The Hall–Kier alpha value is -0.540. The molecule has 0 spiro atoms. The van der Waals surface area contributed by atoms with E-state index in [0.29, 0.717) is 0 Å². The normalized spacial score (nSPS) is 17.7. The van der Waals surface area contributed by atoms with E-state index < -0.39 is 0 Å². The fraction of sp³-hybridized carbons (Fsp3) is 0.667. The van der Waals surface area contributed by atoms with Crippen molar-refractivity contribution in [3.63, 3.8) is 0 Å². The smallest absolute Gasteiger partial charge is 0.0397 e. The van der Waals surface area contributed by atoms with E-state index in [1.807, 2.05) is 0 Å². The van der Waals surface area contributed by atoms with Crippen molar-refractivity contribution in [2.75, 3.05) is 18.5 Å². The van der Waals surface area contributed by atoms with Crippen LogP contribution in [-0.4, -0.2) is 19.6 Å². The average molecular weight is 353 g/mol. The Kier molecular flexibility index (Phi) is 6.56. The van der Waals surface area contributed by atoms with Crippen molar-refractivity contribution in [3.05, 3.63) is 28.2 Å². The van der Waals surface area contributed by atoms with Gasteiger partial charge in [0.05, 0.1) is 0 Å². The Morgan fingerprint density at radius 2 is 2.00 bits per heavy atom. The maximum Gasteiger partial charge on any atom is 0.0397 e. The molecule has 0 heterocycles. The Balaban J connectivity index is 2.09. The van der Waals surface area contributed by atoms with E-state index in [-0.39, 0.29) is 6.04 Å². The summed E-state index contributed by atoms with van der Waals surface area (Å²) in [5, 5.41) is 0. The highest BCUT2D eigenvalue weighted by Gasteiger charge is 2.17. The fourth-order valence-corrected chi connectivity index (χ4v) is 3.78. The van der Waals surface area contributed by atoms with Gasteiger partial charge in [0, 0.05) is 29.8 Å². The first kappa shape index (κ1) is 16.8. The minimum absolute atomic E-state index is 0.251. The van der Waals surface area contributed by atoms with E-state index in [1.54, 1.807) is 0 Å². The van der Waals surface area contributed by atoms with Crippen molar-refractivity contribution in [1.29, 1.82) is 0 Å². The first-order valence-corrected chi connectivity index (χ1v) is 9.14. The number of nitrogens with two attached hydrogens (primary N) is 1. The van der Waals surface area contributed by atoms with Crippen LogP contribution in [0.4, 0.5) is 5.69 Å². The van der Waals surface area contributed by atoms with Gasteiger partial charge in [-0.3, -0.25) is 0 Å². The second-order valence-corrected chi connectivity index (χ2v) is 7.45. The molecule has 2 N–H and O–H groups in total. The lowest BCUT2D eigenvalue weighted by molar-refractivity contribution is 0.362. The summed E-state index contributed by atoms with van der Waals surface area (Å²) in [7, 11) is 2.23. The van der Waals surface area contributed by atoms with Gasteiger partial charge in [-0.1, -0.05) is 42.1 Å². The molecule has 0 bridgehead atoms. The molecule has 1 aliphatic carbocycles. The summed E-state index contributed by atoms with van der Waals surface area (Å²) in [6, 6.07) is 6.88. The Labute approximate surface area is 138 Å². The molecule has 1 aliphatic rings. The monoisotopic (exact) mass is 352 g/mol. The van der Waals surface area contributed by atoms with Crippen LogP contribution >= 0.6 is 15.9 Å². The van der Waals surface area contributed by atoms with E-state index in [1.165, 1.54) is 49.9 Å². The molecule has 1 saturated carbocycles. The van der Waals surface area contributed by atoms with Crippen molar-refractivity contribution < 1.29 is 0 Å². The third kappa shape index (κ3) is 5.00. The van der Waals surface area contributed by atoms with Gasteiger partial charge >= 0.3 is 0 Å². The molecule has 21 heavy (non-hydrogen) atoms. The molecule has 1 aromatic rings. The lowest BCUT2D eigenvalue weighted by atomic mass is 9.89. The molecule has 0 amide bonds. The van der Waals surface area contributed by atoms with Gasteiger partial charge in [-0.25, -0.2) is 0 Å². The Morgan fingerprint density at radius 3 is 2.67 bits per heavy atom. The van der Waals surface area contributed by atoms with Crippen molar-refractivity contribution in [3.8, 4) is 0 Å². The molecule has 1 aromatic carbocycles. The zero-order valence-electron chi connectivity index (χ0n) is 13.4. The summed E-state index contributed by atoms with van der Waals surface area (Å²) >= 11 is 3.60. The van der Waals surface area contributed by atoms with Crippen LogP contribution in [0.15, 0.2) is 22.7 Å². The molecular weight excluding hydrogens is 324 g/mol. The number of hydrogen-bond donors (Lipinski definition) is 1. The van der Waals surface area contributed by atoms with E-state index in [9.17, 15) is 0 Å². The maximum atomic E-state index is 6.17. The third-order valence-electron chi connectivity index (χ3n) is 4.72. The second kappa shape index (κ2) is 8.19. The van der Waals surface area contributed by atoms with Crippen LogP contribution in [0.3, 0.4) is 0 Å². The number of rotatable bonds is 6. The van der Waals surface area contributed by atoms with Crippen molar-refractivity contribution in [2.45, 2.75) is 57.9 Å². The predicted molar refractivity (Wildman–Crippen MR) is 96.0 cm³/mol. The van der Waals surface area contributed by atoms with E-state index in [4.69, 9.17) is 5.73 Å². The standard InChI is InChI=1S/C18H29BrN2/c1-3-17(20)12-15-11-16(19)9-10-18(15)21(2)13-14-7-5-4-6-8-14/h9-11,14,17H,3-8,12-13,20H2,1-2H3. The van der Waals surface area contributed by atoms with Gasteiger partial charge in [-0.2, -0.15) is 0 Å². The maximum absolute atomic E-state index is 6.17. The molecule has 118 valence electrons. The predicted octanol–water partition coefficient (Wildman–Crippen LogP) is 4.75. The zero-order valence-corrected chi connectivity index (χ0v) is 15.0. The largest absolute Gasteiger partial charge is 0.374 e. The Morgan fingerprint density at radius 1 is 1.29 bits per heavy atom.